The summed E-state index contributed by atoms with van der Waals surface area (Å²) in [6, 6.07) is 96.0. The summed E-state index contributed by atoms with van der Waals surface area (Å²) in [6.45, 7) is 12.2. The molecule has 11 aromatic rings. The molecule has 0 aliphatic rings. The zero-order chi connectivity index (χ0) is 61.2. The van der Waals surface area contributed by atoms with Crippen molar-refractivity contribution < 1.29 is 16.5 Å². The Bertz CT molecular complexity index is 3590. The smallest absolute Gasteiger partial charge is 0.760 e. The summed E-state index contributed by atoms with van der Waals surface area (Å²) >= 11 is 23.8. The first-order chi connectivity index (χ1) is 43.3. The minimum absolute atomic E-state index is 0. The number of hydrogen-bond donors (Lipinski definition) is 0. The maximum absolute atomic E-state index is 5.99. The maximum Gasteiger partial charge on any atom is 2.00 e. The van der Waals surface area contributed by atoms with Gasteiger partial charge in [0.25, 0.3) is 0 Å². The number of unbranched alkanes of at least 4 members (excludes halogenated alkanes) is 4. The van der Waals surface area contributed by atoms with Crippen LogP contribution in [0.1, 0.15) is 79.1 Å². The van der Waals surface area contributed by atoms with E-state index in [0.29, 0.717) is 0 Å². The van der Waals surface area contributed by atoms with Gasteiger partial charge in [-0.05, 0) is 154 Å². The Hall–Kier alpha value is -5.51. The van der Waals surface area contributed by atoms with Crippen molar-refractivity contribution in [3.05, 3.63) is 264 Å². The zero-order valence-electron chi connectivity index (χ0n) is 51.4. The fourth-order valence-corrected chi connectivity index (χ4v) is 25.9. The number of aromatic nitrogens is 4. The van der Waals surface area contributed by atoms with E-state index in [1.807, 2.05) is 0 Å². The van der Waals surface area contributed by atoms with Gasteiger partial charge in [-0.25, -0.2) is 0 Å². The quantitative estimate of drug-likeness (QED) is 0.0246. The van der Waals surface area contributed by atoms with Gasteiger partial charge in [0, 0.05) is 31.5 Å². The summed E-state index contributed by atoms with van der Waals surface area (Å²) in [4.78, 5) is 0. The van der Waals surface area contributed by atoms with E-state index in [-0.39, 0.29) is 16.5 Å². The summed E-state index contributed by atoms with van der Waals surface area (Å²) in [5.74, 6) is 0. The number of benzene rings is 9. The fourth-order valence-electron chi connectivity index (χ4n) is 11.8. The first-order valence-electron chi connectivity index (χ1n) is 31.3. The molecule has 0 atom stereocenters. The number of hydrogen-bond acceptors (Lipinski definition) is 4. The number of nitrogens with zero attached hydrogens (tertiary/aromatic N) is 4. The summed E-state index contributed by atoms with van der Waals surface area (Å²) in [6.07, 6.45) is 8.69. The molecule has 0 amide bonds. The van der Waals surface area contributed by atoms with Gasteiger partial charge in [-0.1, -0.05) is 233 Å². The second-order valence-corrected chi connectivity index (χ2v) is 33.0. The van der Waals surface area contributed by atoms with Crippen LogP contribution in [-0.2, 0) is 67.9 Å². The SMILES string of the molecule is CCCCn1c([S-])c(-c2c([S-])n(CCCC)c(=S)n2CCCC)n(CCCC)c1=S.[Ni+2].c1ccc(P(c2ccccc2)c2ccccc2[PH+](c2ccccc2[PH+](c2ccccc2)c2ccccc2)c2ccccc2[PH+](c2ccccc2)c2ccccc2)cc1. The molecule has 0 aliphatic carbocycles. The predicted molar refractivity (Wildman–Crippen MR) is 402 cm³/mol. The molecule has 11 rings (SSSR count). The van der Waals surface area contributed by atoms with Crippen molar-refractivity contribution in [3.63, 3.8) is 0 Å². The molecule has 4 nitrogen and oxygen atoms in total. The van der Waals surface area contributed by atoms with Gasteiger partial charge < -0.3 is 43.5 Å². The third-order valence-electron chi connectivity index (χ3n) is 16.1. The Morgan fingerprint density at radius 2 is 0.562 bits per heavy atom. The second-order valence-electron chi connectivity index (χ2n) is 22.1. The van der Waals surface area contributed by atoms with Crippen molar-refractivity contribution in [3.8, 4) is 11.4 Å². The van der Waals surface area contributed by atoms with Crippen LogP contribution in [0.3, 0.4) is 0 Å². The molecule has 2 heterocycles. The van der Waals surface area contributed by atoms with Crippen LogP contribution in [0.5, 0.6) is 0 Å². The average Bonchev–Trinajstić information content (AvgIpc) is 1.78. The van der Waals surface area contributed by atoms with Crippen molar-refractivity contribution in [1.29, 1.82) is 0 Å². The van der Waals surface area contributed by atoms with Crippen LogP contribution in [-0.4, -0.2) is 18.3 Å². The van der Waals surface area contributed by atoms with E-state index in [9.17, 15) is 0 Å². The molecule has 89 heavy (non-hydrogen) atoms. The van der Waals surface area contributed by atoms with Gasteiger partial charge in [0.1, 0.15) is 71.5 Å². The molecule has 0 unspecified atom stereocenters. The summed E-state index contributed by atoms with van der Waals surface area (Å²) in [5, 5.41) is 18.8. The van der Waals surface area contributed by atoms with Crippen LogP contribution in [0.15, 0.2) is 265 Å². The molecule has 0 N–H and O–H groups in total. The van der Waals surface area contributed by atoms with Gasteiger partial charge in [-0.15, -0.1) is 0 Å². The molecule has 13 heteroatoms. The summed E-state index contributed by atoms with van der Waals surface area (Å²) < 4.78 is 10.3. The first-order valence-corrected chi connectivity index (χ1v) is 38.8. The number of imidazole rings is 2. The van der Waals surface area contributed by atoms with Gasteiger partial charge in [0.05, 0.1) is 11.4 Å². The van der Waals surface area contributed by atoms with Crippen molar-refractivity contribution in [2.45, 2.75) is 115 Å². The summed E-state index contributed by atoms with van der Waals surface area (Å²) in [7, 11) is -5.34. The molecular formula is C76H81N4NiP4S4+3. The van der Waals surface area contributed by atoms with E-state index in [1.54, 1.807) is 0 Å². The van der Waals surface area contributed by atoms with Crippen LogP contribution >= 0.6 is 56.1 Å². The van der Waals surface area contributed by atoms with Crippen molar-refractivity contribution >= 4 is 145 Å². The van der Waals surface area contributed by atoms with E-state index < -0.39 is 31.7 Å². The van der Waals surface area contributed by atoms with Crippen LogP contribution in [0, 0.1) is 9.54 Å². The van der Waals surface area contributed by atoms with Gasteiger partial charge in [0.2, 0.25) is 0 Å². The molecule has 0 radical (unpaired) electrons. The van der Waals surface area contributed by atoms with E-state index in [2.05, 4.69) is 301 Å². The van der Waals surface area contributed by atoms with E-state index in [0.717, 1.165) is 109 Å². The molecular weight excluding hydrogens is 1280 g/mol. The van der Waals surface area contributed by atoms with Crippen LogP contribution in [0.4, 0.5) is 0 Å². The molecule has 0 bridgehead atoms. The van der Waals surface area contributed by atoms with Gasteiger partial charge in [-0.3, -0.25) is 0 Å². The Labute approximate surface area is 566 Å². The van der Waals surface area contributed by atoms with Crippen LogP contribution < -0.4 is 63.7 Å². The van der Waals surface area contributed by atoms with Gasteiger partial charge >= 0.3 is 16.5 Å². The minimum atomic E-state index is -1.68. The Morgan fingerprint density at radius 1 is 0.315 bits per heavy atom. The molecule has 0 fully saturated rings. The third kappa shape index (κ3) is 15.9. The molecule has 456 valence electrons. The molecule has 0 spiro atoms. The monoisotopic (exact) mass is 1360 g/mol. The van der Waals surface area contributed by atoms with E-state index in [1.165, 1.54) is 63.7 Å². The Kier molecular flexibility index (Phi) is 26.1. The minimum Gasteiger partial charge on any atom is -0.760 e. The van der Waals surface area contributed by atoms with Crippen molar-refractivity contribution in [2.24, 2.45) is 0 Å². The topological polar surface area (TPSA) is 19.7 Å². The summed E-state index contributed by atoms with van der Waals surface area (Å²) in [5.41, 5.74) is 2.00. The van der Waals surface area contributed by atoms with Crippen LogP contribution in [0.2, 0.25) is 0 Å². The predicted octanol–water partition coefficient (Wildman–Crippen LogP) is 14.9. The maximum atomic E-state index is 5.99. The Morgan fingerprint density at radius 3 is 0.865 bits per heavy atom. The first kappa shape index (κ1) is 67.9. The standard InChI is InChI=1S/C54H42P4.C22H38N4S4.Ni/c1-7-25-43(26-8-1)55(44-27-9-2-10-28-44)49-37-19-22-40-52(49)58(53-41-23-20-38-50(53)56(45-29-11-3-12-30-45)46-31-13-4-14-32-46)54-42-24-21-39-51(54)57(47-33-15-5-16-34-47)48-35-17-6-18-36-48;1-5-9-13-23-17(19(27)25(21(23)29)15-11-7-3)18-20(28)26(16-12-8-4)22(30)24(18)14-10-6-2;/h1-42H;27-28H,5-16H2,1-4H3;/q;;+2/p+1. The third-order valence-corrected chi connectivity index (χ3v) is 29.6. The molecule has 0 aliphatic heterocycles. The molecule has 0 saturated heterocycles. The number of rotatable bonds is 25. The van der Waals surface area contributed by atoms with Crippen molar-refractivity contribution in [1.82, 2.24) is 18.3 Å². The van der Waals surface area contributed by atoms with Crippen molar-refractivity contribution in [2.75, 3.05) is 0 Å². The van der Waals surface area contributed by atoms with E-state index >= 15 is 0 Å². The molecule has 2 aromatic heterocycles. The largest absolute Gasteiger partial charge is 2.00 e. The van der Waals surface area contributed by atoms with E-state index in [4.69, 9.17) is 49.7 Å². The fraction of sp³-hybridized carbons (Fsp3) is 0.211. The second kappa shape index (κ2) is 34.2. The van der Waals surface area contributed by atoms with Gasteiger partial charge in [0.15, 0.2) is 9.54 Å². The molecule has 9 aromatic carbocycles. The average molecular weight is 1360 g/mol. The zero-order valence-corrected chi connectivity index (χ0v) is 59.6. The van der Waals surface area contributed by atoms with Crippen LogP contribution in [0.25, 0.3) is 11.4 Å². The Balaban J connectivity index is 0.000000257. The normalized spacial score (nSPS) is 11.3. The molecule has 0 saturated carbocycles. The van der Waals surface area contributed by atoms with Gasteiger partial charge in [-0.2, -0.15) is 0 Å².